The maximum atomic E-state index is 12.5. The Kier molecular flexibility index (Phi) is 6.46. The number of carbonyl (C=O) groups excluding carboxylic acids is 2. The number of amides is 2. The van der Waals surface area contributed by atoms with Crippen molar-refractivity contribution in [2.24, 2.45) is 7.05 Å². The molecule has 0 aromatic carbocycles. The van der Waals surface area contributed by atoms with Crippen LogP contribution in [0.1, 0.15) is 28.7 Å². The smallest absolute Gasteiger partial charge is 0.262 e. The number of rotatable bonds is 7. The van der Waals surface area contributed by atoms with E-state index in [2.05, 4.69) is 25.9 Å². The highest BCUT2D eigenvalue weighted by molar-refractivity contribution is 7.20. The van der Waals surface area contributed by atoms with Gasteiger partial charge in [-0.2, -0.15) is 5.10 Å². The van der Waals surface area contributed by atoms with Gasteiger partial charge in [0.25, 0.3) is 5.91 Å². The molecule has 2 aromatic rings. The standard InChI is InChI=1S/C18H28N6O2S/c1-12-14-11-15(27-18(14)23(3)22-12)17(26)21-13(2)16(25)20-5-4-8-24-9-6-19-7-10-24/h11,13,19H,4-10H2,1-3H3,(H,20,25)(H,21,26). The van der Waals surface area contributed by atoms with Gasteiger partial charge >= 0.3 is 0 Å². The highest BCUT2D eigenvalue weighted by atomic mass is 32.1. The van der Waals surface area contributed by atoms with Crippen molar-refractivity contribution in [3.05, 3.63) is 16.6 Å². The summed E-state index contributed by atoms with van der Waals surface area (Å²) in [7, 11) is 1.87. The highest BCUT2D eigenvalue weighted by Crippen LogP contribution is 2.27. The van der Waals surface area contributed by atoms with Gasteiger partial charge in [-0.3, -0.25) is 14.3 Å². The van der Waals surface area contributed by atoms with E-state index < -0.39 is 6.04 Å². The molecule has 3 N–H and O–H groups in total. The summed E-state index contributed by atoms with van der Waals surface area (Å²) in [5.41, 5.74) is 0.901. The Hall–Kier alpha value is -1.97. The third-order valence-corrected chi connectivity index (χ3v) is 6.02. The Balaban J connectivity index is 1.44. The van der Waals surface area contributed by atoms with E-state index in [0.717, 1.165) is 55.1 Å². The molecule has 0 bridgehead atoms. The summed E-state index contributed by atoms with van der Waals surface area (Å²) in [6.45, 7) is 9.42. The summed E-state index contributed by atoms with van der Waals surface area (Å²) < 4.78 is 1.78. The van der Waals surface area contributed by atoms with Gasteiger partial charge in [-0.1, -0.05) is 0 Å². The number of carbonyl (C=O) groups is 2. The Morgan fingerprint density at radius 1 is 1.37 bits per heavy atom. The molecule has 9 heteroatoms. The summed E-state index contributed by atoms with van der Waals surface area (Å²) in [6, 6.07) is 1.27. The molecule has 3 rings (SSSR count). The van der Waals surface area contributed by atoms with Crippen molar-refractivity contribution < 1.29 is 9.59 Å². The molecule has 1 unspecified atom stereocenters. The van der Waals surface area contributed by atoms with Crippen LogP contribution in [0, 0.1) is 6.92 Å². The first-order chi connectivity index (χ1) is 13.0. The van der Waals surface area contributed by atoms with Gasteiger partial charge in [-0.25, -0.2) is 0 Å². The molecule has 1 aliphatic heterocycles. The molecule has 2 aromatic heterocycles. The van der Waals surface area contributed by atoms with Gasteiger partial charge in [-0.05, 0) is 32.9 Å². The molecule has 0 radical (unpaired) electrons. The van der Waals surface area contributed by atoms with Crippen LogP contribution >= 0.6 is 11.3 Å². The Bertz CT molecular complexity index is 774. The Labute approximate surface area is 163 Å². The SMILES string of the molecule is Cc1nn(C)c2sc(C(=O)NC(C)C(=O)NCCCN3CCNCC3)cc12. The monoisotopic (exact) mass is 392 g/mol. The molecule has 1 fully saturated rings. The molecule has 8 nitrogen and oxygen atoms in total. The topological polar surface area (TPSA) is 91.3 Å². The second-order valence-corrected chi connectivity index (χ2v) is 8.00. The van der Waals surface area contributed by atoms with E-state index in [4.69, 9.17) is 0 Å². The van der Waals surface area contributed by atoms with Crippen LogP contribution in [0.15, 0.2) is 6.07 Å². The van der Waals surface area contributed by atoms with Crippen LogP contribution in [-0.2, 0) is 11.8 Å². The number of piperazine rings is 1. The zero-order valence-corrected chi connectivity index (χ0v) is 17.0. The molecule has 2 amide bonds. The summed E-state index contributed by atoms with van der Waals surface area (Å²) >= 11 is 1.39. The third kappa shape index (κ3) is 4.85. The quantitative estimate of drug-likeness (QED) is 0.596. The first-order valence-electron chi connectivity index (χ1n) is 9.40. The number of thiophene rings is 1. The summed E-state index contributed by atoms with van der Waals surface area (Å²) in [5, 5.41) is 14.3. The van der Waals surface area contributed by atoms with Gasteiger partial charge < -0.3 is 20.9 Å². The van der Waals surface area contributed by atoms with Crippen molar-refractivity contribution in [1.29, 1.82) is 0 Å². The van der Waals surface area contributed by atoms with Gasteiger partial charge in [-0.15, -0.1) is 11.3 Å². The zero-order valence-electron chi connectivity index (χ0n) is 16.2. The maximum Gasteiger partial charge on any atom is 0.262 e. The number of aromatic nitrogens is 2. The van der Waals surface area contributed by atoms with Crippen LogP contribution in [0.2, 0.25) is 0 Å². The molecule has 27 heavy (non-hydrogen) atoms. The van der Waals surface area contributed by atoms with Gasteiger partial charge in [0, 0.05) is 45.2 Å². The molecular weight excluding hydrogens is 364 g/mol. The molecule has 0 saturated carbocycles. The Morgan fingerprint density at radius 3 is 2.81 bits per heavy atom. The molecule has 1 atom stereocenters. The van der Waals surface area contributed by atoms with E-state index in [9.17, 15) is 9.59 Å². The zero-order chi connectivity index (χ0) is 19.4. The van der Waals surface area contributed by atoms with Crippen molar-refractivity contribution >= 4 is 33.4 Å². The van der Waals surface area contributed by atoms with Gasteiger partial charge in [0.2, 0.25) is 5.91 Å². The van der Waals surface area contributed by atoms with Gasteiger partial charge in [0.1, 0.15) is 10.9 Å². The number of nitrogens with zero attached hydrogens (tertiary/aromatic N) is 3. The number of aryl methyl sites for hydroxylation is 2. The first kappa shape index (κ1) is 19.8. The number of fused-ring (bicyclic) bond motifs is 1. The molecule has 0 aliphatic carbocycles. The van der Waals surface area contributed by atoms with Crippen LogP contribution in [0.3, 0.4) is 0 Å². The van der Waals surface area contributed by atoms with Gasteiger partial charge in [0.15, 0.2) is 0 Å². The largest absolute Gasteiger partial charge is 0.354 e. The van der Waals surface area contributed by atoms with Crippen LogP contribution < -0.4 is 16.0 Å². The number of nitrogens with one attached hydrogen (secondary N) is 3. The van der Waals surface area contributed by atoms with Crippen molar-refractivity contribution in [1.82, 2.24) is 30.6 Å². The lowest BCUT2D eigenvalue weighted by Crippen LogP contribution is -2.46. The minimum atomic E-state index is -0.568. The van der Waals surface area contributed by atoms with Crippen molar-refractivity contribution in [2.75, 3.05) is 39.3 Å². The highest BCUT2D eigenvalue weighted by Gasteiger charge is 2.20. The Morgan fingerprint density at radius 2 is 2.11 bits per heavy atom. The fourth-order valence-electron chi connectivity index (χ4n) is 3.25. The minimum Gasteiger partial charge on any atom is -0.354 e. The second-order valence-electron chi connectivity index (χ2n) is 6.97. The molecule has 1 saturated heterocycles. The summed E-state index contributed by atoms with van der Waals surface area (Å²) in [5.74, 6) is -0.373. The van der Waals surface area contributed by atoms with Crippen LogP contribution in [0.5, 0.6) is 0 Å². The molecule has 3 heterocycles. The van der Waals surface area contributed by atoms with Crippen LogP contribution in [-0.4, -0.2) is 71.8 Å². The predicted molar refractivity (Wildman–Crippen MR) is 107 cm³/mol. The fraction of sp³-hybridized carbons (Fsp3) is 0.611. The van der Waals surface area contributed by atoms with Crippen molar-refractivity contribution in [3.8, 4) is 0 Å². The summed E-state index contributed by atoms with van der Waals surface area (Å²) in [4.78, 5) is 28.6. The van der Waals surface area contributed by atoms with E-state index >= 15 is 0 Å². The number of hydrogen-bond donors (Lipinski definition) is 3. The third-order valence-electron chi connectivity index (χ3n) is 4.82. The average Bonchev–Trinajstić information content (AvgIpc) is 3.21. The second kappa shape index (κ2) is 8.81. The number of hydrogen-bond acceptors (Lipinski definition) is 6. The molecule has 0 spiro atoms. The van der Waals surface area contributed by atoms with Crippen molar-refractivity contribution in [3.63, 3.8) is 0 Å². The lowest BCUT2D eigenvalue weighted by Gasteiger charge is -2.27. The van der Waals surface area contributed by atoms with E-state index in [-0.39, 0.29) is 11.8 Å². The first-order valence-corrected chi connectivity index (χ1v) is 10.2. The average molecular weight is 393 g/mol. The fourth-order valence-corrected chi connectivity index (χ4v) is 4.28. The van der Waals surface area contributed by atoms with Crippen LogP contribution in [0.25, 0.3) is 10.2 Å². The lowest BCUT2D eigenvalue weighted by molar-refractivity contribution is -0.122. The van der Waals surface area contributed by atoms with Gasteiger partial charge in [0.05, 0.1) is 10.6 Å². The van der Waals surface area contributed by atoms with E-state index in [1.807, 2.05) is 20.0 Å². The normalized spacial score (nSPS) is 16.4. The summed E-state index contributed by atoms with van der Waals surface area (Å²) in [6.07, 6.45) is 0.912. The van der Waals surface area contributed by atoms with E-state index in [1.165, 1.54) is 11.3 Å². The van der Waals surface area contributed by atoms with E-state index in [0.29, 0.717) is 11.4 Å². The molecule has 148 valence electrons. The minimum absolute atomic E-state index is 0.150. The van der Waals surface area contributed by atoms with Crippen molar-refractivity contribution in [2.45, 2.75) is 26.3 Å². The van der Waals surface area contributed by atoms with E-state index in [1.54, 1.807) is 11.6 Å². The predicted octanol–water partition coefficient (Wildman–Crippen LogP) is 0.473. The van der Waals surface area contributed by atoms with Crippen LogP contribution in [0.4, 0.5) is 0 Å². The molecule has 1 aliphatic rings. The lowest BCUT2D eigenvalue weighted by atomic mass is 10.2. The maximum absolute atomic E-state index is 12.5. The molecular formula is C18H28N6O2S.